The van der Waals surface area contributed by atoms with Gasteiger partial charge >= 0.3 is 0 Å². The Balaban J connectivity index is 1.47. The van der Waals surface area contributed by atoms with Gasteiger partial charge in [-0.2, -0.15) is 9.50 Å². The van der Waals surface area contributed by atoms with Crippen molar-refractivity contribution in [1.82, 2.24) is 34.3 Å². The van der Waals surface area contributed by atoms with Gasteiger partial charge in [0.05, 0.1) is 18.5 Å². The molecular weight excluding hydrogens is 440 g/mol. The number of hydrogen-bond acceptors (Lipinski definition) is 8. The summed E-state index contributed by atoms with van der Waals surface area (Å²) in [4.78, 5) is 20.6. The third-order valence-electron chi connectivity index (χ3n) is 4.46. The molecule has 3 N–H and O–H groups in total. The number of benzene rings is 1. The number of halogens is 1. The molecule has 4 aromatic heterocycles. The number of nitrogens with one attached hydrogen (secondary N) is 1. The molecule has 0 amide bonds. The van der Waals surface area contributed by atoms with Crippen molar-refractivity contribution in [2.24, 2.45) is 0 Å². The first-order valence-electron chi connectivity index (χ1n) is 9.15. The number of nitrogen functional groups attached to an aromatic ring is 1. The van der Waals surface area contributed by atoms with Gasteiger partial charge in [-0.1, -0.05) is 23.4 Å². The van der Waals surface area contributed by atoms with E-state index in [1.165, 1.54) is 22.3 Å². The van der Waals surface area contributed by atoms with Crippen LogP contribution in [0, 0.1) is 0 Å². The van der Waals surface area contributed by atoms with Gasteiger partial charge in [-0.15, -0.1) is 10.2 Å². The third kappa shape index (κ3) is 3.92. The molecule has 0 unspecified atom stereocenters. The summed E-state index contributed by atoms with van der Waals surface area (Å²) in [6.45, 7) is 0.450. The molecule has 4 heterocycles. The number of hydrogen-bond donors (Lipinski definition) is 2. The van der Waals surface area contributed by atoms with Gasteiger partial charge in [0.2, 0.25) is 5.95 Å². The molecule has 0 saturated carbocycles. The van der Waals surface area contributed by atoms with Gasteiger partial charge < -0.3 is 10.2 Å². The van der Waals surface area contributed by atoms with E-state index in [0.29, 0.717) is 34.0 Å². The van der Waals surface area contributed by atoms with Crippen molar-refractivity contribution in [3.05, 3.63) is 75.6 Å². The lowest BCUT2D eigenvalue weighted by molar-refractivity contribution is 0.485. The zero-order chi connectivity index (χ0) is 21.4. The molecule has 5 rings (SSSR count). The fourth-order valence-electron chi connectivity index (χ4n) is 3.07. The number of aromatic nitrogens is 7. The van der Waals surface area contributed by atoms with Crippen molar-refractivity contribution < 1.29 is 4.42 Å². The molecule has 0 bridgehead atoms. The lowest BCUT2D eigenvalue weighted by atomic mass is 10.2. The van der Waals surface area contributed by atoms with Crippen molar-refractivity contribution in [1.29, 1.82) is 0 Å². The van der Waals surface area contributed by atoms with Gasteiger partial charge in [-0.05, 0) is 36.4 Å². The predicted octanol–water partition coefficient (Wildman–Crippen LogP) is 2.85. The first kappa shape index (κ1) is 19.4. The summed E-state index contributed by atoms with van der Waals surface area (Å²) < 4.78 is 8.66. The summed E-state index contributed by atoms with van der Waals surface area (Å²) in [5.41, 5.74) is 6.76. The molecule has 0 aliphatic heterocycles. The molecular formula is C19H15ClN8O2S. The average molecular weight is 455 g/mol. The van der Waals surface area contributed by atoms with E-state index in [2.05, 4.69) is 25.3 Å². The summed E-state index contributed by atoms with van der Waals surface area (Å²) in [5.74, 6) is 2.19. The predicted molar refractivity (Wildman–Crippen MR) is 116 cm³/mol. The van der Waals surface area contributed by atoms with E-state index in [0.717, 1.165) is 11.3 Å². The summed E-state index contributed by atoms with van der Waals surface area (Å²) in [7, 11) is 0. The SMILES string of the molecule is Nc1nc2nc(CSc3nnc(-c4ccc(Cl)cc4)n3Cc3ccco3)cc(=O)n2[nH]1. The monoisotopic (exact) mass is 454 g/mol. The fraction of sp³-hybridized carbons (Fsp3) is 0.105. The Morgan fingerprint density at radius 2 is 2.00 bits per heavy atom. The number of rotatable bonds is 6. The maximum atomic E-state index is 12.2. The van der Waals surface area contributed by atoms with Crippen LogP contribution in [-0.4, -0.2) is 34.3 Å². The number of thioether (sulfide) groups is 1. The molecule has 0 spiro atoms. The molecule has 5 aromatic rings. The van der Waals surface area contributed by atoms with Crippen LogP contribution >= 0.6 is 23.4 Å². The fourth-order valence-corrected chi connectivity index (χ4v) is 4.02. The van der Waals surface area contributed by atoms with Crippen LogP contribution in [0.1, 0.15) is 11.5 Å². The lowest BCUT2D eigenvalue weighted by Crippen LogP contribution is -2.15. The van der Waals surface area contributed by atoms with E-state index in [1.54, 1.807) is 18.4 Å². The number of nitrogens with two attached hydrogens (primary N) is 1. The Labute approximate surface area is 184 Å². The van der Waals surface area contributed by atoms with Crippen LogP contribution in [0.2, 0.25) is 5.02 Å². The summed E-state index contributed by atoms with van der Waals surface area (Å²) in [6.07, 6.45) is 1.62. The highest BCUT2D eigenvalue weighted by molar-refractivity contribution is 7.98. The van der Waals surface area contributed by atoms with Crippen LogP contribution in [0.3, 0.4) is 0 Å². The van der Waals surface area contributed by atoms with Crippen molar-refractivity contribution in [3.63, 3.8) is 0 Å². The molecule has 156 valence electrons. The van der Waals surface area contributed by atoms with E-state index < -0.39 is 0 Å². The number of fused-ring (bicyclic) bond motifs is 1. The smallest absolute Gasteiger partial charge is 0.274 e. The second-order valence-electron chi connectivity index (χ2n) is 6.60. The second kappa shape index (κ2) is 7.93. The Morgan fingerprint density at radius 3 is 2.77 bits per heavy atom. The Hall–Kier alpha value is -3.57. The minimum Gasteiger partial charge on any atom is -0.467 e. The number of aromatic amines is 1. The maximum Gasteiger partial charge on any atom is 0.274 e. The Kier molecular flexibility index (Phi) is 4.96. The zero-order valence-corrected chi connectivity index (χ0v) is 17.5. The van der Waals surface area contributed by atoms with Crippen LogP contribution in [0.4, 0.5) is 5.95 Å². The molecule has 0 aliphatic carbocycles. The van der Waals surface area contributed by atoms with Gasteiger partial charge in [-0.3, -0.25) is 14.5 Å². The van der Waals surface area contributed by atoms with E-state index in [9.17, 15) is 4.79 Å². The van der Waals surface area contributed by atoms with Gasteiger partial charge in [-0.25, -0.2) is 4.98 Å². The van der Waals surface area contributed by atoms with Crippen molar-refractivity contribution in [3.8, 4) is 11.4 Å². The highest BCUT2D eigenvalue weighted by atomic mass is 35.5. The molecule has 0 radical (unpaired) electrons. The van der Waals surface area contributed by atoms with Crippen LogP contribution in [0.25, 0.3) is 17.2 Å². The number of furan rings is 1. The topological polar surface area (TPSA) is 133 Å². The quantitative estimate of drug-likeness (QED) is 0.374. The minimum atomic E-state index is -0.288. The molecule has 0 saturated heterocycles. The second-order valence-corrected chi connectivity index (χ2v) is 7.98. The summed E-state index contributed by atoms with van der Waals surface area (Å²) >= 11 is 7.43. The lowest BCUT2D eigenvalue weighted by Gasteiger charge is -2.09. The van der Waals surface area contributed by atoms with Crippen LogP contribution in [0.15, 0.2) is 63.1 Å². The number of H-pyrrole nitrogens is 1. The molecule has 31 heavy (non-hydrogen) atoms. The Bertz CT molecular complexity index is 1410. The number of nitrogens with zero attached hydrogens (tertiary/aromatic N) is 6. The van der Waals surface area contributed by atoms with E-state index in [-0.39, 0.29) is 17.3 Å². The van der Waals surface area contributed by atoms with Crippen LogP contribution in [-0.2, 0) is 12.3 Å². The van der Waals surface area contributed by atoms with Gasteiger partial charge in [0.25, 0.3) is 11.3 Å². The highest BCUT2D eigenvalue weighted by Gasteiger charge is 2.17. The molecule has 0 fully saturated rings. The summed E-state index contributed by atoms with van der Waals surface area (Å²) in [6, 6.07) is 12.5. The highest BCUT2D eigenvalue weighted by Crippen LogP contribution is 2.27. The van der Waals surface area contributed by atoms with E-state index in [1.807, 2.05) is 28.8 Å². The first-order valence-corrected chi connectivity index (χ1v) is 10.5. The van der Waals surface area contributed by atoms with Crippen molar-refractivity contribution in [2.45, 2.75) is 17.5 Å². The third-order valence-corrected chi connectivity index (χ3v) is 5.72. The van der Waals surface area contributed by atoms with Gasteiger partial charge in [0, 0.05) is 22.4 Å². The summed E-state index contributed by atoms with van der Waals surface area (Å²) in [5, 5.41) is 12.7. The van der Waals surface area contributed by atoms with Gasteiger partial charge in [0.15, 0.2) is 11.0 Å². The first-order chi connectivity index (χ1) is 15.1. The minimum absolute atomic E-state index is 0.125. The molecule has 0 atom stereocenters. The molecule has 0 aliphatic rings. The van der Waals surface area contributed by atoms with E-state index >= 15 is 0 Å². The van der Waals surface area contributed by atoms with Crippen LogP contribution in [0.5, 0.6) is 0 Å². The van der Waals surface area contributed by atoms with Crippen molar-refractivity contribution >= 4 is 35.1 Å². The average Bonchev–Trinajstić information content (AvgIpc) is 3.48. The van der Waals surface area contributed by atoms with Crippen LogP contribution < -0.4 is 11.3 Å². The number of anilines is 1. The van der Waals surface area contributed by atoms with E-state index in [4.69, 9.17) is 21.8 Å². The Morgan fingerprint density at radius 1 is 1.16 bits per heavy atom. The standard InChI is InChI=1S/C19H15ClN8O2S/c20-12-5-3-11(4-6-12)16-24-25-19(27(16)9-14-2-1-7-30-14)31-10-13-8-15(29)28-18(22-13)23-17(21)26-28/h1-8H,9-10H2,(H3,21,22,23,26). The van der Waals surface area contributed by atoms with Crippen molar-refractivity contribution in [2.75, 3.05) is 5.73 Å². The van der Waals surface area contributed by atoms with Gasteiger partial charge in [0.1, 0.15) is 5.76 Å². The zero-order valence-electron chi connectivity index (χ0n) is 15.9. The molecule has 1 aromatic carbocycles. The molecule has 10 nitrogen and oxygen atoms in total. The molecule has 12 heteroatoms. The largest absolute Gasteiger partial charge is 0.467 e. The maximum absolute atomic E-state index is 12.2. The normalized spacial score (nSPS) is 11.4.